The van der Waals surface area contributed by atoms with Crippen molar-refractivity contribution >= 4 is 17.5 Å². The Kier molecular flexibility index (Phi) is 3.99. The molecule has 0 aliphatic heterocycles. The van der Waals surface area contributed by atoms with Gasteiger partial charge in [-0.05, 0) is 56.7 Å². The first-order valence-electron chi connectivity index (χ1n) is 8.74. The van der Waals surface area contributed by atoms with Crippen molar-refractivity contribution in [2.45, 2.75) is 51.0 Å². The molecule has 1 fully saturated rings. The van der Waals surface area contributed by atoms with Crippen LogP contribution in [0.5, 0.6) is 0 Å². The van der Waals surface area contributed by atoms with E-state index in [0.29, 0.717) is 17.3 Å². The van der Waals surface area contributed by atoms with Crippen LogP contribution in [0.3, 0.4) is 0 Å². The molecule has 1 aromatic heterocycles. The number of aromatic nitrogens is 3. The van der Waals surface area contributed by atoms with Gasteiger partial charge in [-0.2, -0.15) is 15.4 Å². The summed E-state index contributed by atoms with van der Waals surface area (Å²) in [5, 5.41) is 16.8. The van der Waals surface area contributed by atoms with E-state index in [1.807, 2.05) is 13.0 Å². The zero-order valence-electron chi connectivity index (χ0n) is 14.1. The Morgan fingerprint density at radius 3 is 2.84 bits per heavy atom. The van der Waals surface area contributed by atoms with E-state index in [1.165, 1.54) is 0 Å². The number of carbonyl (C=O) groups excluding carboxylic acids is 2. The van der Waals surface area contributed by atoms with Crippen LogP contribution < -0.4 is 10.6 Å². The van der Waals surface area contributed by atoms with Gasteiger partial charge < -0.3 is 10.6 Å². The highest BCUT2D eigenvalue weighted by molar-refractivity contribution is 5.99. The first kappa shape index (κ1) is 15.8. The maximum Gasteiger partial charge on any atom is 0.251 e. The molecule has 1 aromatic carbocycles. The summed E-state index contributed by atoms with van der Waals surface area (Å²) in [6.45, 7) is 1.92. The van der Waals surface area contributed by atoms with Gasteiger partial charge in [-0.1, -0.05) is 6.07 Å². The fourth-order valence-corrected chi connectivity index (χ4v) is 3.20. The third-order valence-corrected chi connectivity index (χ3v) is 4.87. The number of carbonyl (C=O) groups is 2. The summed E-state index contributed by atoms with van der Waals surface area (Å²) in [5.74, 6) is -0.488. The molecule has 0 spiro atoms. The molecule has 0 saturated heterocycles. The minimum Gasteiger partial charge on any atom is -0.349 e. The van der Waals surface area contributed by atoms with Gasteiger partial charge >= 0.3 is 0 Å². The number of aryl methyl sites for hydroxylation is 2. The molecule has 0 bridgehead atoms. The van der Waals surface area contributed by atoms with Gasteiger partial charge in [0.2, 0.25) is 5.91 Å². The third-order valence-electron chi connectivity index (χ3n) is 4.87. The zero-order chi connectivity index (χ0) is 17.4. The average Bonchev–Trinajstić information content (AvgIpc) is 3.28. The summed E-state index contributed by atoms with van der Waals surface area (Å²) in [6.07, 6.45) is 4.62. The Bertz CT molecular complexity index is 825. The number of nitrogens with one attached hydrogen (secondary N) is 3. The van der Waals surface area contributed by atoms with Crippen molar-refractivity contribution in [2.24, 2.45) is 0 Å². The Balaban J connectivity index is 1.52. The first-order chi connectivity index (χ1) is 12.1. The van der Waals surface area contributed by atoms with Crippen LogP contribution in [-0.2, 0) is 11.2 Å². The lowest BCUT2D eigenvalue weighted by Crippen LogP contribution is -2.27. The number of rotatable bonds is 4. The number of hydrogen-bond donors (Lipinski definition) is 3. The molecule has 3 N–H and O–H groups in total. The standard InChI is InChI=1S/C18H21N5O2/c1-10-5-6-11(17(24)19-12-7-8-12)9-15(10)20-18(25)13-3-2-4-14-16(13)22-23-21-14/h5-6,9,12-13H,2-4,7-8H2,1H3,(H,19,24)(H,20,25)(H,21,22,23). The van der Waals surface area contributed by atoms with Crippen LogP contribution in [0.2, 0.25) is 0 Å². The summed E-state index contributed by atoms with van der Waals surface area (Å²) in [5.41, 5.74) is 3.78. The van der Waals surface area contributed by atoms with Gasteiger partial charge in [0.25, 0.3) is 5.91 Å². The molecule has 25 heavy (non-hydrogen) atoms. The van der Waals surface area contributed by atoms with E-state index in [1.54, 1.807) is 12.1 Å². The minimum absolute atomic E-state index is 0.0885. The SMILES string of the molecule is Cc1ccc(C(=O)NC2CC2)cc1NC(=O)C1CCCc2n[nH]nc21. The normalized spacial score (nSPS) is 19.2. The van der Waals surface area contributed by atoms with Crippen LogP contribution in [0.25, 0.3) is 0 Å². The van der Waals surface area contributed by atoms with E-state index in [0.717, 1.165) is 49.1 Å². The lowest BCUT2D eigenvalue weighted by Gasteiger charge is -2.20. The summed E-state index contributed by atoms with van der Waals surface area (Å²) in [4.78, 5) is 25.0. The lowest BCUT2D eigenvalue weighted by atomic mass is 9.89. The number of benzene rings is 1. The topological polar surface area (TPSA) is 99.8 Å². The van der Waals surface area contributed by atoms with E-state index in [-0.39, 0.29) is 17.7 Å². The molecule has 2 amide bonds. The Hall–Kier alpha value is -2.70. The highest BCUT2D eigenvalue weighted by Gasteiger charge is 2.30. The fraction of sp³-hybridized carbons (Fsp3) is 0.444. The van der Waals surface area contributed by atoms with E-state index in [9.17, 15) is 9.59 Å². The van der Waals surface area contributed by atoms with Crippen molar-refractivity contribution in [1.82, 2.24) is 20.7 Å². The quantitative estimate of drug-likeness (QED) is 0.794. The number of amides is 2. The third kappa shape index (κ3) is 3.26. The Morgan fingerprint density at radius 1 is 1.20 bits per heavy atom. The lowest BCUT2D eigenvalue weighted by molar-refractivity contribution is -0.118. The van der Waals surface area contributed by atoms with Crippen LogP contribution >= 0.6 is 0 Å². The van der Waals surface area contributed by atoms with Crippen LogP contribution in [0.4, 0.5) is 5.69 Å². The summed E-state index contributed by atoms with van der Waals surface area (Å²) in [7, 11) is 0. The van der Waals surface area contributed by atoms with Gasteiger partial charge in [0.1, 0.15) is 0 Å². The molecule has 2 aromatic rings. The molecular weight excluding hydrogens is 318 g/mol. The molecule has 1 unspecified atom stereocenters. The Labute approximate surface area is 145 Å². The first-order valence-corrected chi connectivity index (χ1v) is 8.74. The molecule has 2 aliphatic rings. The molecule has 1 heterocycles. The average molecular weight is 339 g/mol. The number of nitrogens with zero attached hydrogens (tertiary/aromatic N) is 2. The summed E-state index contributed by atoms with van der Waals surface area (Å²) in [6, 6.07) is 5.70. The van der Waals surface area contributed by atoms with Crippen molar-refractivity contribution in [3.05, 3.63) is 40.7 Å². The van der Waals surface area contributed by atoms with E-state index < -0.39 is 0 Å². The van der Waals surface area contributed by atoms with Gasteiger partial charge in [0.15, 0.2) is 0 Å². The second-order valence-corrected chi connectivity index (χ2v) is 6.87. The summed E-state index contributed by atoms with van der Waals surface area (Å²) >= 11 is 0. The smallest absolute Gasteiger partial charge is 0.251 e. The van der Waals surface area contributed by atoms with Crippen molar-refractivity contribution in [3.63, 3.8) is 0 Å². The predicted molar refractivity (Wildman–Crippen MR) is 92.4 cm³/mol. The van der Waals surface area contributed by atoms with Crippen LogP contribution in [0.15, 0.2) is 18.2 Å². The van der Waals surface area contributed by atoms with E-state index in [2.05, 4.69) is 26.0 Å². The van der Waals surface area contributed by atoms with Crippen LogP contribution in [-0.4, -0.2) is 33.3 Å². The van der Waals surface area contributed by atoms with E-state index >= 15 is 0 Å². The van der Waals surface area contributed by atoms with E-state index in [4.69, 9.17) is 0 Å². The molecule has 130 valence electrons. The minimum atomic E-state index is -0.300. The number of H-pyrrole nitrogens is 1. The van der Waals surface area contributed by atoms with Gasteiger partial charge in [-0.3, -0.25) is 9.59 Å². The maximum atomic E-state index is 12.8. The van der Waals surface area contributed by atoms with Crippen molar-refractivity contribution in [2.75, 3.05) is 5.32 Å². The van der Waals surface area contributed by atoms with Gasteiger partial charge in [-0.25, -0.2) is 0 Å². The number of hydrogen-bond acceptors (Lipinski definition) is 4. The molecule has 7 heteroatoms. The molecule has 7 nitrogen and oxygen atoms in total. The number of fused-ring (bicyclic) bond motifs is 1. The largest absolute Gasteiger partial charge is 0.349 e. The highest BCUT2D eigenvalue weighted by Crippen LogP contribution is 2.30. The monoisotopic (exact) mass is 339 g/mol. The molecule has 1 atom stereocenters. The van der Waals surface area contributed by atoms with Crippen molar-refractivity contribution in [1.29, 1.82) is 0 Å². The van der Waals surface area contributed by atoms with Crippen LogP contribution in [0.1, 0.15) is 58.9 Å². The second-order valence-electron chi connectivity index (χ2n) is 6.87. The number of anilines is 1. The van der Waals surface area contributed by atoms with Crippen LogP contribution in [0, 0.1) is 6.92 Å². The second kappa shape index (κ2) is 6.31. The molecule has 0 radical (unpaired) electrons. The molecule has 2 aliphatic carbocycles. The molecule has 4 rings (SSSR count). The Morgan fingerprint density at radius 2 is 2.04 bits per heavy atom. The van der Waals surface area contributed by atoms with Crippen molar-refractivity contribution in [3.8, 4) is 0 Å². The van der Waals surface area contributed by atoms with Crippen molar-refractivity contribution < 1.29 is 9.59 Å². The van der Waals surface area contributed by atoms with Gasteiger partial charge in [0, 0.05) is 17.3 Å². The van der Waals surface area contributed by atoms with Gasteiger partial charge in [0.05, 0.1) is 17.3 Å². The molecule has 1 saturated carbocycles. The summed E-state index contributed by atoms with van der Waals surface area (Å²) < 4.78 is 0. The number of aromatic amines is 1. The molecular formula is C18H21N5O2. The maximum absolute atomic E-state index is 12.8. The predicted octanol–water partition coefficient (Wildman–Crippen LogP) is 2.06. The zero-order valence-corrected chi connectivity index (χ0v) is 14.1. The van der Waals surface area contributed by atoms with Gasteiger partial charge in [-0.15, -0.1) is 0 Å². The highest BCUT2D eigenvalue weighted by atomic mass is 16.2. The fourth-order valence-electron chi connectivity index (χ4n) is 3.20.